The Morgan fingerprint density at radius 3 is 1.95 bits per heavy atom. The quantitative estimate of drug-likeness (QED) is 0.149. The number of hydrogen-bond acceptors (Lipinski definition) is 5. The lowest BCUT2D eigenvalue weighted by Gasteiger charge is -2.00. The summed E-state index contributed by atoms with van der Waals surface area (Å²) in [5, 5.41) is 5.59. The maximum Gasteiger partial charge on any atom is 0.0802 e. The fraction of sp³-hybridized carbons (Fsp3) is 0.303. The van der Waals surface area contributed by atoms with Crippen LogP contribution in [-0.2, 0) is 6.42 Å². The molecule has 0 radical (unpaired) electrons. The molecule has 0 saturated heterocycles. The molecule has 0 atom stereocenters. The number of aryl methyl sites for hydroxylation is 1. The predicted octanol–water partition coefficient (Wildman–Crippen LogP) is 12.4. The van der Waals surface area contributed by atoms with Gasteiger partial charge in [0.25, 0.3) is 0 Å². The van der Waals surface area contributed by atoms with Crippen molar-refractivity contribution in [3.8, 4) is 10.6 Å². The lowest BCUT2D eigenvalue weighted by atomic mass is 10.1. The molecule has 0 aliphatic rings. The monoisotopic (exact) mass is 569 g/mol. The van der Waals surface area contributed by atoms with Crippen LogP contribution in [0.15, 0.2) is 60.8 Å². The van der Waals surface area contributed by atoms with Gasteiger partial charge in [0.05, 0.1) is 20.0 Å². The minimum atomic E-state index is 1.06. The molecule has 0 bridgehead atoms. The first-order valence-electron chi connectivity index (χ1n) is 13.9. The Bertz CT molecular complexity index is 1860. The summed E-state index contributed by atoms with van der Waals surface area (Å²) < 4.78 is 8.54. The molecule has 0 aliphatic carbocycles. The average molecular weight is 570 g/mol. The molecule has 0 fully saturated rings. The zero-order valence-electron chi connectivity index (χ0n) is 21.7. The molecule has 0 aliphatic heterocycles. The van der Waals surface area contributed by atoms with Crippen LogP contribution in [-0.4, -0.2) is 4.98 Å². The van der Waals surface area contributed by atoms with Crippen molar-refractivity contribution in [1.29, 1.82) is 0 Å². The van der Waals surface area contributed by atoms with Crippen LogP contribution in [0.1, 0.15) is 63.2 Å². The second kappa shape index (κ2) is 10.7. The van der Waals surface area contributed by atoms with Gasteiger partial charge >= 0.3 is 0 Å². The van der Waals surface area contributed by atoms with Crippen LogP contribution < -0.4 is 0 Å². The van der Waals surface area contributed by atoms with Crippen molar-refractivity contribution in [3.05, 3.63) is 65.7 Å². The van der Waals surface area contributed by atoms with Crippen molar-refractivity contribution in [2.24, 2.45) is 0 Å². The van der Waals surface area contributed by atoms with Gasteiger partial charge in [-0.15, -0.1) is 45.3 Å². The Morgan fingerprint density at radius 1 is 0.605 bits per heavy atom. The Hall–Kier alpha value is -2.31. The van der Waals surface area contributed by atoms with E-state index >= 15 is 0 Å². The highest BCUT2D eigenvalue weighted by atomic mass is 32.1. The number of unbranched alkanes of at least 4 members (excludes halogenated alkanes) is 7. The number of benzene rings is 2. The van der Waals surface area contributed by atoms with Gasteiger partial charge in [0, 0.05) is 40.6 Å². The lowest BCUT2D eigenvalue weighted by Crippen LogP contribution is -1.83. The summed E-state index contributed by atoms with van der Waals surface area (Å²) in [6.07, 6.45) is 14.2. The van der Waals surface area contributed by atoms with Gasteiger partial charge in [-0.25, -0.2) is 0 Å². The third kappa shape index (κ3) is 4.68. The summed E-state index contributed by atoms with van der Waals surface area (Å²) >= 11 is 7.80. The zero-order chi connectivity index (χ0) is 25.5. The molecule has 1 nitrogen and oxygen atoms in total. The minimum Gasteiger partial charge on any atom is -0.255 e. The van der Waals surface area contributed by atoms with Crippen LogP contribution in [0.2, 0.25) is 0 Å². The van der Waals surface area contributed by atoms with Gasteiger partial charge in [0.1, 0.15) is 0 Å². The first kappa shape index (κ1) is 24.7. The van der Waals surface area contributed by atoms with Crippen molar-refractivity contribution < 1.29 is 0 Å². The van der Waals surface area contributed by atoms with Gasteiger partial charge in [-0.2, -0.15) is 0 Å². The number of fused-ring (bicyclic) bond motifs is 7. The highest BCUT2D eigenvalue weighted by Gasteiger charge is 2.16. The van der Waals surface area contributed by atoms with E-state index < -0.39 is 0 Å². The summed E-state index contributed by atoms with van der Waals surface area (Å²) in [5.41, 5.74) is 1.06. The van der Waals surface area contributed by atoms with Crippen molar-refractivity contribution in [1.82, 2.24) is 4.98 Å². The maximum absolute atomic E-state index is 4.56. The maximum atomic E-state index is 4.56. The number of aromatic nitrogens is 1. The molecular weight excluding hydrogens is 539 g/mol. The molecule has 0 N–H and O–H groups in total. The number of pyridine rings is 1. The smallest absolute Gasteiger partial charge is 0.0802 e. The van der Waals surface area contributed by atoms with E-state index in [0.29, 0.717) is 0 Å². The van der Waals surface area contributed by atoms with Crippen LogP contribution in [0, 0.1) is 0 Å². The van der Waals surface area contributed by atoms with Crippen molar-refractivity contribution in [3.63, 3.8) is 0 Å². The topological polar surface area (TPSA) is 12.9 Å². The SMILES string of the molecule is CCCCCCCCCCc1cc2cc3c(cc2s1)sc1c2cc4cc(-c5ccccn5)sc4cc2sc31. The Balaban J connectivity index is 1.14. The molecular formula is C33H31NS4. The number of hydrogen-bond donors (Lipinski definition) is 0. The number of nitrogens with zero attached hydrogens (tertiary/aromatic N) is 1. The number of thiophene rings is 4. The largest absolute Gasteiger partial charge is 0.255 e. The molecule has 38 heavy (non-hydrogen) atoms. The third-order valence-corrected chi connectivity index (χ3v) is 12.4. The molecule has 5 aromatic heterocycles. The molecule has 0 amide bonds. The van der Waals surface area contributed by atoms with E-state index in [4.69, 9.17) is 0 Å². The zero-order valence-corrected chi connectivity index (χ0v) is 25.0. The van der Waals surface area contributed by atoms with E-state index in [9.17, 15) is 0 Å². The molecule has 0 unspecified atom stereocenters. The summed E-state index contributed by atoms with van der Waals surface area (Å²) in [5.74, 6) is 0. The van der Waals surface area contributed by atoms with Crippen LogP contribution in [0.3, 0.4) is 0 Å². The highest BCUT2D eigenvalue weighted by molar-refractivity contribution is 7.37. The number of rotatable bonds is 10. The van der Waals surface area contributed by atoms with Crippen LogP contribution in [0.5, 0.6) is 0 Å². The fourth-order valence-corrected chi connectivity index (χ4v) is 10.6. The van der Waals surface area contributed by atoms with Crippen LogP contribution >= 0.6 is 45.3 Å². The van der Waals surface area contributed by atoms with Gasteiger partial charge < -0.3 is 0 Å². The minimum absolute atomic E-state index is 1.06. The average Bonchev–Trinajstić information content (AvgIpc) is 3.69. The molecule has 2 aromatic carbocycles. The Morgan fingerprint density at radius 2 is 1.26 bits per heavy atom. The molecule has 5 heteroatoms. The molecule has 5 heterocycles. The van der Waals surface area contributed by atoms with Crippen molar-refractivity contribution in [2.75, 3.05) is 0 Å². The molecule has 7 rings (SSSR count). The Labute approximate surface area is 239 Å². The van der Waals surface area contributed by atoms with Crippen molar-refractivity contribution in [2.45, 2.75) is 64.7 Å². The van der Waals surface area contributed by atoms with E-state index in [1.54, 1.807) is 4.88 Å². The van der Waals surface area contributed by atoms with E-state index in [1.807, 2.05) is 57.6 Å². The molecule has 192 valence electrons. The Kier molecular flexibility index (Phi) is 6.95. The summed E-state index contributed by atoms with van der Waals surface area (Å²) in [6, 6.07) is 20.6. The summed E-state index contributed by atoms with van der Waals surface area (Å²) in [7, 11) is 0. The predicted molar refractivity (Wildman–Crippen MR) is 175 cm³/mol. The molecule has 7 aromatic rings. The second-order valence-corrected chi connectivity index (χ2v) is 14.8. The molecule has 0 spiro atoms. The van der Waals surface area contributed by atoms with E-state index in [0.717, 1.165) is 5.69 Å². The lowest BCUT2D eigenvalue weighted by molar-refractivity contribution is 0.576. The summed E-state index contributed by atoms with van der Waals surface area (Å²) in [4.78, 5) is 7.36. The standard InChI is InChI=1S/C33H31NS4/c1-2-3-4-5-6-7-8-9-12-23-15-21-16-24-29(19-27(21)35-23)37-33-25-17-22-18-31(26-13-10-11-14-34-26)36-28(22)20-30(25)38-32(24)33/h10-11,13-20H,2-9,12H2,1H3. The van der Waals surface area contributed by atoms with Crippen LogP contribution in [0.4, 0.5) is 0 Å². The van der Waals surface area contributed by atoms with Gasteiger partial charge in [0.2, 0.25) is 0 Å². The van der Waals surface area contributed by atoms with Gasteiger partial charge in [-0.1, -0.05) is 57.9 Å². The second-order valence-electron chi connectivity index (χ2n) is 10.4. The fourth-order valence-electron chi connectivity index (χ4n) is 5.57. The summed E-state index contributed by atoms with van der Waals surface area (Å²) in [6.45, 7) is 2.29. The third-order valence-electron chi connectivity index (χ3n) is 7.60. The van der Waals surface area contributed by atoms with E-state index in [1.165, 1.54) is 112 Å². The van der Waals surface area contributed by atoms with Crippen LogP contribution in [0.25, 0.3) is 60.3 Å². The first-order chi connectivity index (χ1) is 18.8. The first-order valence-corrected chi connectivity index (χ1v) is 17.2. The van der Waals surface area contributed by atoms with Gasteiger partial charge in [-0.3, -0.25) is 4.98 Å². The normalized spacial score (nSPS) is 12.2. The van der Waals surface area contributed by atoms with Gasteiger partial charge in [-0.05, 0) is 72.1 Å². The van der Waals surface area contributed by atoms with E-state index in [-0.39, 0.29) is 0 Å². The van der Waals surface area contributed by atoms with Crippen molar-refractivity contribution >= 4 is 95.1 Å². The van der Waals surface area contributed by atoms with Gasteiger partial charge in [0.15, 0.2) is 0 Å². The van der Waals surface area contributed by atoms with E-state index in [2.05, 4.69) is 60.4 Å². The molecule has 0 saturated carbocycles. The highest BCUT2D eigenvalue weighted by Crippen LogP contribution is 2.48.